The highest BCUT2D eigenvalue weighted by Gasteiger charge is 2.37. The number of fused-ring (bicyclic) bond motifs is 3. The number of carbonyl (C=O) groups is 5. The minimum absolute atomic E-state index is 0.105. The number of hydrogen-bond donors (Lipinski definition) is 3. The summed E-state index contributed by atoms with van der Waals surface area (Å²) in [4.78, 5) is 72.6. The number of likely N-dealkylation sites (N-methyl/N-ethyl adjacent to an activating group) is 1. The van der Waals surface area contributed by atoms with E-state index < -0.39 is 54.1 Å². The van der Waals surface area contributed by atoms with Gasteiger partial charge < -0.3 is 30.1 Å². The maximum atomic E-state index is 14.4. The standard InChI is InChI=1S/C48H60N4O8S/c1-8-17-42(53)60-41(45-50-39(28-61-45)44(54)49-33(24-31(6)47(56)57)25-32-18-11-10-12-19-32)26-40(29(3)4)52(7)46(55)43(30(5)9-2)51-48(58)59-27-38-36-22-15-13-20-34(36)35-21-14-16-23-37(35)38/h10-16,18-23,28-31,33,38,40-41,43H,8-9,17,24-27H2,1-7H3,(H,49,54)(H,51,58)(H,56,57)/t30-,31?,33?,40+,41+,43-/m0/s1. The molecular formula is C48H60N4O8S. The van der Waals surface area contributed by atoms with Gasteiger partial charge in [-0.05, 0) is 58.9 Å². The van der Waals surface area contributed by atoms with Crippen molar-refractivity contribution in [2.24, 2.45) is 17.8 Å². The summed E-state index contributed by atoms with van der Waals surface area (Å²) in [5, 5.41) is 17.5. The summed E-state index contributed by atoms with van der Waals surface area (Å²) in [5.41, 5.74) is 5.48. The predicted octanol–water partition coefficient (Wildman–Crippen LogP) is 8.81. The molecular weight excluding hydrogens is 793 g/mol. The SMILES string of the molecule is CCCC(=O)O[C@H](C[C@H](C(C)C)N(C)C(=O)[C@@H](NC(=O)OCC1c2ccccc2-c2ccccc21)[C@@H](C)CC)c1nc(C(=O)NC(Cc2ccccc2)CC(C)C(=O)O)cs1. The van der Waals surface area contributed by atoms with Gasteiger partial charge >= 0.3 is 18.0 Å². The number of hydrogen-bond acceptors (Lipinski definition) is 9. The number of rotatable bonds is 21. The van der Waals surface area contributed by atoms with Crippen molar-refractivity contribution in [2.75, 3.05) is 13.7 Å². The van der Waals surface area contributed by atoms with Gasteiger partial charge in [-0.3, -0.25) is 19.2 Å². The lowest BCUT2D eigenvalue weighted by Crippen LogP contribution is -2.54. The lowest BCUT2D eigenvalue weighted by molar-refractivity contribution is -0.151. The van der Waals surface area contributed by atoms with E-state index in [4.69, 9.17) is 9.47 Å². The van der Waals surface area contributed by atoms with Crippen LogP contribution in [0.4, 0.5) is 4.79 Å². The molecule has 326 valence electrons. The molecule has 1 aromatic heterocycles. The first-order valence-electron chi connectivity index (χ1n) is 21.3. The molecule has 0 fully saturated rings. The van der Waals surface area contributed by atoms with Gasteiger partial charge in [0.15, 0.2) is 6.10 Å². The van der Waals surface area contributed by atoms with E-state index in [9.17, 15) is 29.1 Å². The smallest absolute Gasteiger partial charge is 0.407 e. The Labute approximate surface area is 363 Å². The van der Waals surface area contributed by atoms with Crippen molar-refractivity contribution in [3.05, 3.63) is 112 Å². The predicted molar refractivity (Wildman–Crippen MR) is 236 cm³/mol. The molecule has 5 rings (SSSR count). The number of carboxylic acids is 1. The Kier molecular flexibility index (Phi) is 16.6. The molecule has 1 heterocycles. The second-order valence-corrected chi connectivity index (χ2v) is 17.4. The highest BCUT2D eigenvalue weighted by atomic mass is 32.1. The number of aliphatic carboxylic acids is 1. The molecule has 13 heteroatoms. The average Bonchev–Trinajstić information content (AvgIpc) is 3.87. The largest absolute Gasteiger partial charge is 0.481 e. The molecule has 6 atom stereocenters. The summed E-state index contributed by atoms with van der Waals surface area (Å²) < 4.78 is 11.9. The number of carbonyl (C=O) groups excluding carboxylic acids is 4. The normalized spacial score (nSPS) is 15.0. The van der Waals surface area contributed by atoms with E-state index >= 15 is 0 Å². The first-order valence-corrected chi connectivity index (χ1v) is 22.2. The highest BCUT2D eigenvalue weighted by molar-refractivity contribution is 7.09. The summed E-state index contributed by atoms with van der Waals surface area (Å²) in [6.07, 6.45) is 0.642. The van der Waals surface area contributed by atoms with Gasteiger partial charge in [0.05, 0.1) is 5.92 Å². The lowest BCUT2D eigenvalue weighted by Gasteiger charge is -2.36. The first-order chi connectivity index (χ1) is 29.2. The molecule has 2 unspecified atom stereocenters. The summed E-state index contributed by atoms with van der Waals surface area (Å²) in [5.74, 6) is -3.31. The fourth-order valence-corrected chi connectivity index (χ4v) is 8.81. The molecule has 61 heavy (non-hydrogen) atoms. The molecule has 1 aliphatic carbocycles. The molecule has 0 radical (unpaired) electrons. The van der Waals surface area contributed by atoms with Gasteiger partial charge in [0.25, 0.3) is 5.91 Å². The van der Waals surface area contributed by atoms with Crippen molar-refractivity contribution in [1.82, 2.24) is 20.5 Å². The fourth-order valence-electron chi connectivity index (χ4n) is 7.97. The zero-order valence-electron chi connectivity index (χ0n) is 36.3. The third-order valence-corrected chi connectivity index (χ3v) is 12.6. The lowest BCUT2D eigenvalue weighted by atomic mass is 9.93. The van der Waals surface area contributed by atoms with Crippen molar-refractivity contribution in [1.29, 1.82) is 0 Å². The van der Waals surface area contributed by atoms with Crippen LogP contribution in [-0.2, 0) is 30.3 Å². The van der Waals surface area contributed by atoms with E-state index in [1.807, 2.05) is 89.2 Å². The van der Waals surface area contributed by atoms with Gasteiger partial charge in [0.2, 0.25) is 5.91 Å². The molecule has 0 bridgehead atoms. The quantitative estimate of drug-likeness (QED) is 0.0695. The summed E-state index contributed by atoms with van der Waals surface area (Å²) >= 11 is 1.18. The second kappa shape index (κ2) is 21.8. The first kappa shape index (κ1) is 46.5. The topological polar surface area (TPSA) is 164 Å². The van der Waals surface area contributed by atoms with Crippen molar-refractivity contribution >= 4 is 41.2 Å². The molecule has 12 nitrogen and oxygen atoms in total. The Bertz CT molecular complexity index is 2080. The Hall–Kier alpha value is -5.56. The van der Waals surface area contributed by atoms with Crippen LogP contribution in [0.5, 0.6) is 0 Å². The number of esters is 1. The number of ether oxygens (including phenoxy) is 2. The third kappa shape index (κ3) is 12.1. The minimum Gasteiger partial charge on any atom is -0.481 e. The molecule has 0 spiro atoms. The second-order valence-electron chi connectivity index (χ2n) is 16.5. The molecule has 3 amide bonds. The number of benzene rings is 3. The van der Waals surface area contributed by atoms with E-state index in [2.05, 4.69) is 39.9 Å². The molecule has 1 aliphatic rings. The summed E-state index contributed by atoms with van der Waals surface area (Å²) in [6.45, 7) is 11.4. The van der Waals surface area contributed by atoms with Crippen LogP contribution in [-0.4, -0.2) is 76.6 Å². The summed E-state index contributed by atoms with van der Waals surface area (Å²) in [6, 6.07) is 23.9. The molecule has 0 saturated carbocycles. The van der Waals surface area contributed by atoms with Crippen molar-refractivity contribution in [2.45, 2.75) is 110 Å². The Morgan fingerprint density at radius 1 is 0.852 bits per heavy atom. The van der Waals surface area contributed by atoms with Crippen molar-refractivity contribution in [3.8, 4) is 11.1 Å². The number of aromatic nitrogens is 1. The molecule has 3 aromatic carbocycles. The number of carboxylic acid groups (broad SMARTS) is 1. The zero-order valence-corrected chi connectivity index (χ0v) is 37.1. The van der Waals surface area contributed by atoms with Crippen LogP contribution in [0.1, 0.15) is 118 Å². The van der Waals surface area contributed by atoms with E-state index in [0.717, 1.165) is 27.8 Å². The fraction of sp³-hybridized carbons (Fsp3) is 0.458. The minimum atomic E-state index is -0.952. The van der Waals surface area contributed by atoms with E-state index in [1.54, 1.807) is 24.3 Å². The molecule has 3 N–H and O–H groups in total. The van der Waals surface area contributed by atoms with Gasteiger partial charge in [0, 0.05) is 43.3 Å². The monoisotopic (exact) mass is 852 g/mol. The van der Waals surface area contributed by atoms with E-state index in [0.29, 0.717) is 24.3 Å². The Morgan fingerprint density at radius 2 is 1.48 bits per heavy atom. The number of alkyl carbamates (subject to hydrolysis) is 1. The van der Waals surface area contributed by atoms with Crippen LogP contribution in [0.25, 0.3) is 11.1 Å². The van der Waals surface area contributed by atoms with Crippen LogP contribution >= 0.6 is 11.3 Å². The van der Waals surface area contributed by atoms with Crippen LogP contribution in [0.2, 0.25) is 0 Å². The number of nitrogens with zero attached hydrogens (tertiary/aromatic N) is 2. The van der Waals surface area contributed by atoms with Gasteiger partial charge in [0.1, 0.15) is 23.4 Å². The molecule has 4 aromatic rings. The highest BCUT2D eigenvalue weighted by Crippen LogP contribution is 2.44. The average molecular weight is 853 g/mol. The molecule has 0 aliphatic heterocycles. The van der Waals surface area contributed by atoms with Crippen LogP contribution in [0, 0.1) is 17.8 Å². The third-order valence-electron chi connectivity index (χ3n) is 11.6. The Morgan fingerprint density at radius 3 is 2.07 bits per heavy atom. The van der Waals surface area contributed by atoms with Crippen LogP contribution < -0.4 is 10.6 Å². The number of amides is 3. The Balaban J connectivity index is 1.31. The number of nitrogens with one attached hydrogen (secondary N) is 2. The van der Waals surface area contributed by atoms with E-state index in [1.165, 1.54) is 11.3 Å². The van der Waals surface area contributed by atoms with Gasteiger partial charge in [-0.15, -0.1) is 11.3 Å². The van der Waals surface area contributed by atoms with Crippen molar-refractivity contribution in [3.63, 3.8) is 0 Å². The van der Waals surface area contributed by atoms with Gasteiger partial charge in [-0.2, -0.15) is 0 Å². The maximum Gasteiger partial charge on any atom is 0.407 e. The number of thiazole rings is 1. The summed E-state index contributed by atoms with van der Waals surface area (Å²) in [7, 11) is 1.69. The van der Waals surface area contributed by atoms with Crippen molar-refractivity contribution < 1.29 is 38.6 Å². The maximum absolute atomic E-state index is 14.4. The van der Waals surface area contributed by atoms with E-state index in [-0.39, 0.29) is 55.2 Å². The zero-order chi connectivity index (χ0) is 44.2. The van der Waals surface area contributed by atoms with Crippen LogP contribution in [0.3, 0.4) is 0 Å². The van der Waals surface area contributed by atoms with Gasteiger partial charge in [-0.1, -0.05) is 127 Å². The molecule has 0 saturated heterocycles. The van der Waals surface area contributed by atoms with Crippen LogP contribution in [0.15, 0.2) is 84.2 Å². The van der Waals surface area contributed by atoms with Gasteiger partial charge in [-0.25, -0.2) is 9.78 Å².